The van der Waals surface area contributed by atoms with Gasteiger partial charge in [0.2, 0.25) is 23.6 Å². The first kappa shape index (κ1) is 41.0. The normalized spacial score (nSPS) is 16.4. The molecule has 2 aromatic rings. The molecule has 1 saturated heterocycles. The SMILES string of the molecule is COC(=O)C1(N)CCN(C(=O)[C@@H](CCCCN)NC(=O)[C@@H](CC(C)C)NC(=O)[C@@H](Cc2ccccc2)NC(=O)[C@H](N)Cc2ccc(F)cc2)CC1. The van der Waals surface area contributed by atoms with Gasteiger partial charge in [0, 0.05) is 19.5 Å². The number of likely N-dealkylation sites (tertiary alicyclic amines) is 1. The van der Waals surface area contributed by atoms with Crippen molar-refractivity contribution >= 4 is 29.6 Å². The second kappa shape index (κ2) is 19.8. The molecule has 1 fully saturated rings. The van der Waals surface area contributed by atoms with Crippen molar-refractivity contribution in [3.8, 4) is 0 Å². The van der Waals surface area contributed by atoms with Crippen LogP contribution in [0.2, 0.25) is 0 Å². The molecule has 0 radical (unpaired) electrons. The quantitative estimate of drug-likeness (QED) is 0.0963. The maximum atomic E-state index is 13.9. The van der Waals surface area contributed by atoms with E-state index in [2.05, 4.69) is 16.0 Å². The Morgan fingerprint density at radius 2 is 1.39 bits per heavy atom. The Morgan fingerprint density at radius 1 is 0.824 bits per heavy atom. The van der Waals surface area contributed by atoms with Crippen LogP contribution in [-0.2, 0) is 41.6 Å². The highest BCUT2D eigenvalue weighted by Gasteiger charge is 2.41. The monoisotopic (exact) mass is 711 g/mol. The number of unbranched alkanes of at least 4 members (excludes halogenated alkanes) is 1. The molecule has 0 unspecified atom stereocenters. The van der Waals surface area contributed by atoms with E-state index in [1.165, 1.54) is 19.2 Å². The van der Waals surface area contributed by atoms with Gasteiger partial charge in [0.25, 0.3) is 0 Å². The fourth-order valence-corrected chi connectivity index (χ4v) is 6.06. The van der Waals surface area contributed by atoms with E-state index in [0.717, 1.165) is 5.56 Å². The molecule has 1 heterocycles. The van der Waals surface area contributed by atoms with Crippen molar-refractivity contribution < 1.29 is 33.1 Å². The van der Waals surface area contributed by atoms with Crippen LogP contribution in [0.15, 0.2) is 54.6 Å². The van der Waals surface area contributed by atoms with Crippen molar-refractivity contribution in [3.05, 3.63) is 71.5 Å². The number of hydrogen-bond acceptors (Lipinski definition) is 9. The number of methoxy groups -OCH3 is 1. The molecule has 3 rings (SSSR count). The zero-order valence-corrected chi connectivity index (χ0v) is 29.9. The highest BCUT2D eigenvalue weighted by Crippen LogP contribution is 2.22. The fourth-order valence-electron chi connectivity index (χ4n) is 6.06. The van der Waals surface area contributed by atoms with Crippen LogP contribution in [0, 0.1) is 11.7 Å². The molecule has 13 nitrogen and oxygen atoms in total. The van der Waals surface area contributed by atoms with Gasteiger partial charge in [-0.05, 0) is 80.7 Å². The predicted molar refractivity (Wildman–Crippen MR) is 191 cm³/mol. The van der Waals surface area contributed by atoms with Crippen molar-refractivity contribution in [1.29, 1.82) is 0 Å². The number of carbonyl (C=O) groups is 5. The number of ether oxygens (including phenoxy) is 1. The average molecular weight is 712 g/mol. The Labute approximate surface area is 299 Å². The lowest BCUT2D eigenvalue weighted by atomic mass is 9.88. The minimum atomic E-state index is -1.19. The molecule has 51 heavy (non-hydrogen) atoms. The molecule has 4 amide bonds. The zero-order chi connectivity index (χ0) is 37.6. The molecule has 0 saturated carbocycles. The van der Waals surface area contributed by atoms with Crippen LogP contribution in [0.3, 0.4) is 0 Å². The van der Waals surface area contributed by atoms with E-state index in [9.17, 15) is 28.4 Å². The molecule has 0 spiro atoms. The number of amides is 4. The van der Waals surface area contributed by atoms with Gasteiger partial charge in [0.15, 0.2) is 0 Å². The van der Waals surface area contributed by atoms with E-state index < -0.39 is 59.2 Å². The molecule has 1 aliphatic heterocycles. The summed E-state index contributed by atoms with van der Waals surface area (Å²) in [4.78, 5) is 68.6. The molecule has 4 atom stereocenters. The first-order valence-electron chi connectivity index (χ1n) is 17.6. The van der Waals surface area contributed by atoms with Crippen molar-refractivity contribution in [2.45, 2.75) is 94.9 Å². The van der Waals surface area contributed by atoms with Crippen molar-refractivity contribution in [1.82, 2.24) is 20.9 Å². The number of piperidine rings is 1. The summed E-state index contributed by atoms with van der Waals surface area (Å²) in [5.41, 5.74) is 18.4. The molecule has 280 valence electrons. The van der Waals surface area contributed by atoms with Crippen LogP contribution < -0.4 is 33.2 Å². The van der Waals surface area contributed by atoms with Crippen LogP contribution in [0.4, 0.5) is 4.39 Å². The lowest BCUT2D eigenvalue weighted by Crippen LogP contribution is -2.61. The van der Waals surface area contributed by atoms with Gasteiger partial charge in [-0.25, -0.2) is 4.39 Å². The molecular formula is C37H54FN7O6. The lowest BCUT2D eigenvalue weighted by molar-refractivity contribution is -0.151. The second-order valence-corrected chi connectivity index (χ2v) is 13.7. The maximum absolute atomic E-state index is 13.9. The van der Waals surface area contributed by atoms with Crippen molar-refractivity contribution in [3.63, 3.8) is 0 Å². The van der Waals surface area contributed by atoms with Gasteiger partial charge >= 0.3 is 5.97 Å². The topological polar surface area (TPSA) is 212 Å². The number of halogens is 1. The van der Waals surface area contributed by atoms with Crippen LogP contribution in [0.5, 0.6) is 0 Å². The Bertz CT molecular complexity index is 1450. The standard InChI is InChI=1S/C37H54FN7O6/c1-24(2)21-30(33(47)42-29(11-7-8-18-39)35(49)45-19-16-37(41,17-20-45)36(50)51-3)44-34(48)31(23-25-9-5-4-6-10-25)43-32(46)28(40)22-26-12-14-27(38)15-13-26/h4-6,9-10,12-15,24,28-31H,7-8,11,16-23,39-41H2,1-3H3,(H,42,47)(H,43,46)(H,44,48)/t28-,29-,30-,31-/m1/s1. The molecular weight excluding hydrogens is 657 g/mol. The Kier molecular flexibility index (Phi) is 16.0. The third-order valence-corrected chi connectivity index (χ3v) is 9.08. The molecule has 0 aliphatic carbocycles. The minimum absolute atomic E-state index is 0.0168. The van der Waals surface area contributed by atoms with Gasteiger partial charge < -0.3 is 42.8 Å². The van der Waals surface area contributed by atoms with E-state index in [4.69, 9.17) is 21.9 Å². The summed E-state index contributed by atoms with van der Waals surface area (Å²) in [6.45, 7) is 4.65. The first-order valence-corrected chi connectivity index (χ1v) is 17.6. The molecule has 0 bridgehead atoms. The van der Waals surface area contributed by atoms with Gasteiger partial charge in [-0.2, -0.15) is 0 Å². The minimum Gasteiger partial charge on any atom is -0.468 e. The van der Waals surface area contributed by atoms with E-state index in [0.29, 0.717) is 31.4 Å². The van der Waals surface area contributed by atoms with E-state index >= 15 is 0 Å². The molecule has 0 aromatic heterocycles. The fraction of sp³-hybridized carbons (Fsp3) is 0.541. The first-order chi connectivity index (χ1) is 24.3. The molecule has 14 heteroatoms. The van der Waals surface area contributed by atoms with Gasteiger partial charge in [0.05, 0.1) is 13.2 Å². The summed E-state index contributed by atoms with van der Waals surface area (Å²) in [6.07, 6.45) is 2.47. The third kappa shape index (κ3) is 12.7. The number of benzene rings is 2. The number of rotatable bonds is 18. The number of nitrogens with two attached hydrogens (primary N) is 3. The Hall–Kier alpha value is -4.40. The molecule has 2 aromatic carbocycles. The second-order valence-electron chi connectivity index (χ2n) is 13.7. The number of nitrogens with zero attached hydrogens (tertiary/aromatic N) is 1. The third-order valence-electron chi connectivity index (χ3n) is 9.08. The summed E-state index contributed by atoms with van der Waals surface area (Å²) in [6, 6.07) is 10.7. The number of nitrogens with one attached hydrogen (secondary N) is 3. The van der Waals surface area contributed by atoms with Crippen LogP contribution in [0.25, 0.3) is 0 Å². The summed E-state index contributed by atoms with van der Waals surface area (Å²) >= 11 is 0. The van der Waals surface area contributed by atoms with E-state index in [1.807, 2.05) is 44.2 Å². The predicted octanol–water partition coefficient (Wildman–Crippen LogP) is 1.06. The summed E-state index contributed by atoms with van der Waals surface area (Å²) in [7, 11) is 1.27. The van der Waals surface area contributed by atoms with Gasteiger partial charge in [-0.15, -0.1) is 0 Å². The average Bonchev–Trinajstić information content (AvgIpc) is 3.11. The number of carbonyl (C=O) groups excluding carboxylic acids is 5. The van der Waals surface area contributed by atoms with Crippen molar-refractivity contribution in [2.24, 2.45) is 23.1 Å². The highest BCUT2D eigenvalue weighted by atomic mass is 19.1. The van der Waals surface area contributed by atoms with Gasteiger partial charge in [-0.1, -0.05) is 56.3 Å². The van der Waals surface area contributed by atoms with Crippen LogP contribution in [-0.4, -0.2) is 90.9 Å². The van der Waals surface area contributed by atoms with E-state index in [-0.39, 0.29) is 57.0 Å². The number of esters is 1. The lowest BCUT2D eigenvalue weighted by Gasteiger charge is -2.38. The highest BCUT2D eigenvalue weighted by molar-refractivity contribution is 5.95. The summed E-state index contributed by atoms with van der Waals surface area (Å²) in [5.74, 6) is -2.99. The smallest absolute Gasteiger partial charge is 0.325 e. The van der Waals surface area contributed by atoms with Crippen LogP contribution >= 0.6 is 0 Å². The number of hydrogen-bond donors (Lipinski definition) is 6. The van der Waals surface area contributed by atoms with Crippen LogP contribution in [0.1, 0.15) is 63.5 Å². The maximum Gasteiger partial charge on any atom is 0.325 e. The molecule has 1 aliphatic rings. The summed E-state index contributed by atoms with van der Waals surface area (Å²) < 4.78 is 18.2. The molecule has 9 N–H and O–H groups in total. The van der Waals surface area contributed by atoms with Gasteiger partial charge in [-0.3, -0.25) is 24.0 Å². The zero-order valence-electron chi connectivity index (χ0n) is 29.9. The van der Waals surface area contributed by atoms with Crippen molar-refractivity contribution in [2.75, 3.05) is 26.7 Å². The van der Waals surface area contributed by atoms with E-state index in [1.54, 1.807) is 17.0 Å². The van der Waals surface area contributed by atoms with Gasteiger partial charge in [0.1, 0.15) is 29.5 Å². The summed E-state index contributed by atoms with van der Waals surface area (Å²) in [5, 5.41) is 8.46. The largest absolute Gasteiger partial charge is 0.468 e. The Morgan fingerprint density at radius 3 is 1.98 bits per heavy atom. The Balaban J connectivity index is 1.77.